The normalized spacial score (nSPS) is 17.4. The number of amides is 1. The molecule has 1 heterocycles. The molecule has 21 heavy (non-hydrogen) atoms. The van der Waals surface area contributed by atoms with Crippen molar-refractivity contribution in [2.45, 2.75) is 12.8 Å². The zero-order chi connectivity index (χ0) is 15.7. The zero-order valence-electron chi connectivity index (χ0n) is 12.0. The average molecular weight is 290 g/mol. The van der Waals surface area contributed by atoms with Crippen LogP contribution in [0.3, 0.4) is 0 Å². The van der Waals surface area contributed by atoms with Gasteiger partial charge in [0.15, 0.2) is 0 Å². The maximum Gasteiger partial charge on any atom is 0.255 e. The lowest BCUT2D eigenvalue weighted by molar-refractivity contribution is 0.0622. The number of carbonyl (C=O) groups is 1. The van der Waals surface area contributed by atoms with Crippen molar-refractivity contribution in [1.29, 1.82) is 10.8 Å². The van der Waals surface area contributed by atoms with Crippen LogP contribution in [-0.2, 0) is 0 Å². The number of nitrogens with zero attached hydrogens (tertiary/aromatic N) is 1. The molecule has 6 heteroatoms. The average Bonchev–Trinajstić information content (AvgIpc) is 2.55. The van der Waals surface area contributed by atoms with Crippen LogP contribution in [0.2, 0.25) is 0 Å². The molecule has 2 rings (SSSR count). The van der Waals surface area contributed by atoms with Crippen molar-refractivity contribution in [3.05, 3.63) is 29.8 Å². The Morgan fingerprint density at radius 1 is 1.38 bits per heavy atom. The molecule has 0 aromatic heterocycles. The van der Waals surface area contributed by atoms with Gasteiger partial charge in [-0.05, 0) is 30.9 Å². The third kappa shape index (κ3) is 5.00. The molecule has 1 atom stereocenters. The van der Waals surface area contributed by atoms with Crippen molar-refractivity contribution in [2.24, 2.45) is 5.92 Å². The van der Waals surface area contributed by atoms with Crippen molar-refractivity contribution in [3.63, 3.8) is 0 Å². The van der Waals surface area contributed by atoms with E-state index in [1.165, 1.54) is 0 Å². The first-order valence-electron chi connectivity index (χ1n) is 6.88. The first-order chi connectivity index (χ1) is 10.1. The van der Waals surface area contributed by atoms with Crippen molar-refractivity contribution < 1.29 is 9.90 Å². The fraction of sp³-hybridized carbons (Fsp3) is 0.400. The summed E-state index contributed by atoms with van der Waals surface area (Å²) in [5, 5.41) is 21.3. The minimum absolute atomic E-state index is 0.0266. The maximum absolute atomic E-state index is 12.2. The van der Waals surface area contributed by atoms with E-state index in [9.17, 15) is 4.79 Å². The topological polar surface area (TPSA) is 114 Å². The first-order valence-corrected chi connectivity index (χ1v) is 6.88. The van der Waals surface area contributed by atoms with Crippen molar-refractivity contribution in [2.75, 3.05) is 25.4 Å². The number of aliphatic hydroxyl groups is 1. The number of aliphatic hydroxyl groups excluding tert-OH is 1. The smallest absolute Gasteiger partial charge is 0.255 e. The molecule has 114 valence electrons. The Labute approximate surface area is 124 Å². The molecule has 1 aromatic carbocycles. The lowest BCUT2D eigenvalue weighted by Gasteiger charge is -2.32. The Morgan fingerprint density at radius 2 is 2.05 bits per heavy atom. The fourth-order valence-corrected chi connectivity index (χ4v) is 2.26. The second kappa shape index (κ2) is 8.86. The van der Waals surface area contributed by atoms with E-state index < -0.39 is 0 Å². The number of nitrogen functional groups attached to an aromatic ring is 1. The van der Waals surface area contributed by atoms with Gasteiger partial charge in [0.1, 0.15) is 0 Å². The van der Waals surface area contributed by atoms with Crippen molar-refractivity contribution in [1.82, 2.24) is 4.90 Å². The van der Waals surface area contributed by atoms with Crippen LogP contribution in [0.1, 0.15) is 23.2 Å². The Morgan fingerprint density at radius 3 is 2.62 bits per heavy atom. The van der Waals surface area contributed by atoms with E-state index in [2.05, 4.69) is 0 Å². The largest absolute Gasteiger partial charge is 0.398 e. The predicted octanol–water partition coefficient (Wildman–Crippen LogP) is 1.40. The number of rotatable bonds is 3. The standard InChI is InChI=1S/C13H18N2O2.C2H4N2/c14-12-6-2-1-5-11(12)13(17)15-7-3-4-10(8-15)9-16;3-1-2-4/h1-2,5-6,10,16H,3-4,7-9,14H2;1-4H. The van der Waals surface area contributed by atoms with Crippen molar-refractivity contribution >= 4 is 24.0 Å². The molecule has 1 fully saturated rings. The summed E-state index contributed by atoms with van der Waals surface area (Å²) >= 11 is 0. The van der Waals surface area contributed by atoms with Gasteiger partial charge in [-0.25, -0.2) is 0 Å². The Bertz CT molecular complexity index is 484. The van der Waals surface area contributed by atoms with E-state index >= 15 is 0 Å². The summed E-state index contributed by atoms with van der Waals surface area (Å²) in [4.78, 5) is 14.0. The van der Waals surface area contributed by atoms with Gasteiger partial charge in [0.05, 0.1) is 5.56 Å². The lowest BCUT2D eigenvalue weighted by atomic mass is 9.98. The Balaban J connectivity index is 0.000000491. The number of nitrogens with two attached hydrogens (primary N) is 1. The number of piperidine rings is 1. The summed E-state index contributed by atoms with van der Waals surface area (Å²) in [7, 11) is 0. The molecule has 5 N–H and O–H groups in total. The molecule has 0 bridgehead atoms. The van der Waals surface area contributed by atoms with Crippen LogP contribution in [0.4, 0.5) is 5.69 Å². The molecule has 1 saturated heterocycles. The van der Waals surface area contributed by atoms with E-state index in [-0.39, 0.29) is 18.4 Å². The minimum atomic E-state index is -0.0266. The molecule has 1 amide bonds. The summed E-state index contributed by atoms with van der Waals surface area (Å²) in [6.45, 7) is 1.53. The van der Waals surface area contributed by atoms with Gasteiger partial charge in [-0.2, -0.15) is 0 Å². The Hall–Kier alpha value is -2.21. The molecular formula is C15H22N4O2. The van der Waals surface area contributed by atoms with E-state index in [4.69, 9.17) is 21.7 Å². The third-order valence-electron chi connectivity index (χ3n) is 3.34. The highest BCUT2D eigenvalue weighted by Crippen LogP contribution is 2.20. The summed E-state index contributed by atoms with van der Waals surface area (Å²) in [5.74, 6) is 0.180. The van der Waals surface area contributed by atoms with Gasteiger partial charge in [-0.3, -0.25) is 4.79 Å². The zero-order valence-corrected chi connectivity index (χ0v) is 12.0. The number of benzene rings is 1. The molecule has 0 aliphatic carbocycles. The van der Waals surface area contributed by atoms with E-state index in [0.717, 1.165) is 31.8 Å². The van der Waals surface area contributed by atoms with Gasteiger partial charge in [0.2, 0.25) is 0 Å². The number of likely N-dealkylation sites (tertiary alicyclic amines) is 1. The van der Waals surface area contributed by atoms with Crippen LogP contribution in [0.5, 0.6) is 0 Å². The van der Waals surface area contributed by atoms with Crippen molar-refractivity contribution in [3.8, 4) is 0 Å². The second-order valence-corrected chi connectivity index (χ2v) is 4.86. The van der Waals surface area contributed by atoms with Crippen LogP contribution in [0, 0.1) is 16.7 Å². The first kappa shape index (κ1) is 16.8. The number of nitrogens with one attached hydrogen (secondary N) is 2. The van der Waals surface area contributed by atoms with Gasteiger partial charge in [-0.15, -0.1) is 0 Å². The third-order valence-corrected chi connectivity index (χ3v) is 3.34. The maximum atomic E-state index is 12.2. The van der Waals surface area contributed by atoms with E-state index in [1.807, 2.05) is 12.1 Å². The highest BCUT2D eigenvalue weighted by molar-refractivity contribution is 6.12. The van der Waals surface area contributed by atoms with Gasteiger partial charge in [0, 0.05) is 37.8 Å². The van der Waals surface area contributed by atoms with E-state index in [1.54, 1.807) is 17.0 Å². The summed E-state index contributed by atoms with van der Waals surface area (Å²) in [6.07, 6.45) is 3.77. The number of anilines is 1. The molecular weight excluding hydrogens is 268 g/mol. The van der Waals surface area contributed by atoms with Crippen LogP contribution in [-0.4, -0.2) is 48.0 Å². The monoisotopic (exact) mass is 290 g/mol. The highest BCUT2D eigenvalue weighted by atomic mass is 16.3. The molecule has 1 unspecified atom stereocenters. The Kier molecular flexibility index (Phi) is 7.11. The van der Waals surface area contributed by atoms with Gasteiger partial charge >= 0.3 is 0 Å². The van der Waals surface area contributed by atoms with Crippen LogP contribution < -0.4 is 5.73 Å². The van der Waals surface area contributed by atoms with Crippen LogP contribution in [0.15, 0.2) is 24.3 Å². The minimum Gasteiger partial charge on any atom is -0.398 e. The fourth-order valence-electron chi connectivity index (χ4n) is 2.26. The molecule has 0 spiro atoms. The SMILES string of the molecule is N=CC=N.Nc1ccccc1C(=O)N1CCCC(CO)C1. The second-order valence-electron chi connectivity index (χ2n) is 4.86. The van der Waals surface area contributed by atoms with Gasteiger partial charge in [0.25, 0.3) is 5.91 Å². The number of carbonyl (C=O) groups excluding carboxylic acids is 1. The lowest BCUT2D eigenvalue weighted by Crippen LogP contribution is -2.41. The van der Waals surface area contributed by atoms with Gasteiger partial charge < -0.3 is 26.6 Å². The number of hydrogen-bond donors (Lipinski definition) is 4. The molecule has 0 saturated carbocycles. The van der Waals surface area contributed by atoms with E-state index in [0.29, 0.717) is 17.8 Å². The molecule has 0 radical (unpaired) electrons. The molecule has 1 aromatic rings. The highest BCUT2D eigenvalue weighted by Gasteiger charge is 2.24. The van der Waals surface area contributed by atoms with Crippen LogP contribution >= 0.6 is 0 Å². The number of hydrogen-bond acceptors (Lipinski definition) is 5. The summed E-state index contributed by atoms with van der Waals surface area (Å²) in [6, 6.07) is 7.12. The van der Waals surface area contributed by atoms with Gasteiger partial charge in [-0.1, -0.05) is 12.1 Å². The summed E-state index contributed by atoms with van der Waals surface area (Å²) < 4.78 is 0. The predicted molar refractivity (Wildman–Crippen MR) is 84.1 cm³/mol. The molecule has 6 nitrogen and oxygen atoms in total. The molecule has 1 aliphatic rings. The summed E-state index contributed by atoms with van der Waals surface area (Å²) in [5.41, 5.74) is 6.88. The van der Waals surface area contributed by atoms with Crippen LogP contribution in [0.25, 0.3) is 0 Å². The number of para-hydroxylation sites is 1. The molecule has 1 aliphatic heterocycles. The quantitative estimate of drug-likeness (QED) is 0.498.